The van der Waals surface area contributed by atoms with E-state index in [0.29, 0.717) is 0 Å². The van der Waals surface area contributed by atoms with Gasteiger partial charge in [-0.1, -0.05) is 19.9 Å². The quantitative estimate of drug-likeness (QED) is 0.817. The third kappa shape index (κ3) is 5.03. The zero-order valence-electron chi connectivity index (χ0n) is 10.7. The Hall–Kier alpha value is -1.36. The van der Waals surface area contributed by atoms with Gasteiger partial charge in [0, 0.05) is 17.5 Å². The molecule has 1 rings (SSSR count). The lowest BCUT2D eigenvalue weighted by molar-refractivity contribution is -0.0498. The van der Waals surface area contributed by atoms with E-state index < -0.39 is 6.61 Å². The van der Waals surface area contributed by atoms with Gasteiger partial charge in [0.1, 0.15) is 5.75 Å². The van der Waals surface area contributed by atoms with Crippen molar-refractivity contribution >= 4 is 17.5 Å². The van der Waals surface area contributed by atoms with Gasteiger partial charge in [-0.15, -0.1) is 11.6 Å². The number of hydrogen-bond acceptors (Lipinski definition) is 2. The molecule has 1 atom stereocenters. The van der Waals surface area contributed by atoms with Gasteiger partial charge in [0.15, 0.2) is 0 Å². The van der Waals surface area contributed by atoms with E-state index in [1.165, 1.54) is 24.3 Å². The third-order valence-electron chi connectivity index (χ3n) is 2.61. The average molecular weight is 292 g/mol. The van der Waals surface area contributed by atoms with Gasteiger partial charge in [0.2, 0.25) is 0 Å². The lowest BCUT2D eigenvalue weighted by atomic mass is 10.1. The van der Waals surface area contributed by atoms with E-state index in [0.717, 1.165) is 0 Å². The molecule has 106 valence electrons. The number of hydrogen-bond donors (Lipinski definition) is 1. The molecule has 0 aliphatic heterocycles. The minimum Gasteiger partial charge on any atom is -0.435 e. The maximum Gasteiger partial charge on any atom is 0.387 e. The van der Waals surface area contributed by atoms with E-state index in [2.05, 4.69) is 10.1 Å². The van der Waals surface area contributed by atoms with Gasteiger partial charge in [-0.25, -0.2) is 0 Å². The Morgan fingerprint density at radius 2 is 2.11 bits per heavy atom. The number of benzene rings is 1. The summed E-state index contributed by atoms with van der Waals surface area (Å²) < 4.78 is 28.4. The number of alkyl halides is 3. The molecule has 1 aromatic carbocycles. The third-order valence-corrected chi connectivity index (χ3v) is 2.94. The summed E-state index contributed by atoms with van der Waals surface area (Å²) in [7, 11) is 0. The second-order valence-corrected chi connectivity index (χ2v) is 4.69. The highest BCUT2D eigenvalue weighted by Gasteiger charge is 2.16. The molecular weight excluding hydrogens is 276 g/mol. The number of ether oxygens (including phenoxy) is 1. The van der Waals surface area contributed by atoms with Crippen LogP contribution in [0.5, 0.6) is 5.75 Å². The maximum atomic E-state index is 12.1. The number of carbonyl (C=O) groups excluding carboxylic acids is 1. The van der Waals surface area contributed by atoms with Crippen molar-refractivity contribution in [3.8, 4) is 5.75 Å². The molecule has 0 saturated carbocycles. The predicted octanol–water partition coefficient (Wildman–Crippen LogP) is 3.28. The molecule has 0 aliphatic rings. The Balaban J connectivity index is 2.76. The van der Waals surface area contributed by atoms with Crippen LogP contribution in [-0.4, -0.2) is 24.4 Å². The first-order chi connectivity index (χ1) is 8.93. The fourth-order valence-corrected chi connectivity index (χ4v) is 1.88. The van der Waals surface area contributed by atoms with Crippen LogP contribution in [0.1, 0.15) is 24.2 Å². The van der Waals surface area contributed by atoms with E-state index in [1.54, 1.807) is 0 Å². The van der Waals surface area contributed by atoms with Crippen LogP contribution in [-0.2, 0) is 0 Å². The predicted molar refractivity (Wildman–Crippen MR) is 69.9 cm³/mol. The standard InChI is InChI=1S/C13H16ClF2NO2/c1-8(2)11(7-14)17-12(18)9-4-3-5-10(6-9)19-13(15)16/h3-6,8,11,13H,7H2,1-2H3,(H,17,18). The summed E-state index contributed by atoms with van der Waals surface area (Å²) in [5.41, 5.74) is 0.258. The van der Waals surface area contributed by atoms with Crippen molar-refractivity contribution in [2.45, 2.75) is 26.5 Å². The number of amides is 1. The van der Waals surface area contributed by atoms with Gasteiger partial charge in [-0.3, -0.25) is 4.79 Å². The Kier molecular flexibility index (Phi) is 6.02. The van der Waals surface area contributed by atoms with Crippen LogP contribution in [0.2, 0.25) is 0 Å². The molecule has 0 bridgehead atoms. The SMILES string of the molecule is CC(C)C(CCl)NC(=O)c1cccc(OC(F)F)c1. The second kappa shape index (κ2) is 7.28. The number of rotatable bonds is 6. The van der Waals surface area contributed by atoms with Crippen molar-refractivity contribution in [2.75, 3.05) is 5.88 Å². The Morgan fingerprint density at radius 1 is 1.42 bits per heavy atom. The maximum absolute atomic E-state index is 12.1. The molecular formula is C13H16ClF2NO2. The fourth-order valence-electron chi connectivity index (χ4n) is 1.45. The zero-order chi connectivity index (χ0) is 14.4. The molecule has 1 amide bonds. The minimum atomic E-state index is -2.91. The van der Waals surface area contributed by atoms with Crippen molar-refractivity contribution in [3.05, 3.63) is 29.8 Å². The fraction of sp³-hybridized carbons (Fsp3) is 0.462. The van der Waals surface area contributed by atoms with Crippen LogP contribution in [0.4, 0.5) is 8.78 Å². The lowest BCUT2D eigenvalue weighted by Gasteiger charge is -2.19. The summed E-state index contributed by atoms with van der Waals surface area (Å²) in [6.07, 6.45) is 0. The normalized spacial score (nSPS) is 12.6. The molecule has 0 fully saturated rings. The first kappa shape index (κ1) is 15.7. The van der Waals surface area contributed by atoms with Gasteiger partial charge in [-0.05, 0) is 24.1 Å². The van der Waals surface area contributed by atoms with E-state index in [1.807, 2.05) is 13.8 Å². The molecule has 0 aliphatic carbocycles. The molecule has 0 aromatic heterocycles. The smallest absolute Gasteiger partial charge is 0.387 e. The summed E-state index contributed by atoms with van der Waals surface area (Å²) in [4.78, 5) is 11.9. The number of carbonyl (C=O) groups is 1. The van der Waals surface area contributed by atoms with E-state index in [9.17, 15) is 13.6 Å². The molecule has 0 spiro atoms. The van der Waals surface area contributed by atoms with Crippen LogP contribution in [0.15, 0.2) is 24.3 Å². The first-order valence-corrected chi connectivity index (χ1v) is 6.39. The van der Waals surface area contributed by atoms with Gasteiger partial charge >= 0.3 is 6.61 Å². The first-order valence-electron chi connectivity index (χ1n) is 5.85. The van der Waals surface area contributed by atoms with Gasteiger partial charge in [-0.2, -0.15) is 8.78 Å². The van der Waals surface area contributed by atoms with Crippen LogP contribution in [0.25, 0.3) is 0 Å². The van der Waals surface area contributed by atoms with Gasteiger partial charge in [0.05, 0.1) is 0 Å². The van der Waals surface area contributed by atoms with Crippen LogP contribution >= 0.6 is 11.6 Å². The molecule has 19 heavy (non-hydrogen) atoms. The van der Waals surface area contributed by atoms with E-state index >= 15 is 0 Å². The Labute approximate surface area is 115 Å². The largest absolute Gasteiger partial charge is 0.435 e. The lowest BCUT2D eigenvalue weighted by Crippen LogP contribution is -2.39. The van der Waals surface area contributed by atoms with Crippen molar-refractivity contribution in [1.82, 2.24) is 5.32 Å². The zero-order valence-corrected chi connectivity index (χ0v) is 11.5. The van der Waals surface area contributed by atoms with Crippen LogP contribution < -0.4 is 10.1 Å². The Morgan fingerprint density at radius 3 is 2.63 bits per heavy atom. The van der Waals surface area contributed by atoms with Crippen molar-refractivity contribution in [3.63, 3.8) is 0 Å². The highest BCUT2D eigenvalue weighted by atomic mass is 35.5. The molecule has 1 unspecified atom stereocenters. The topological polar surface area (TPSA) is 38.3 Å². The molecule has 6 heteroatoms. The molecule has 0 heterocycles. The number of halogens is 3. The van der Waals surface area contributed by atoms with Crippen LogP contribution in [0, 0.1) is 5.92 Å². The summed E-state index contributed by atoms with van der Waals surface area (Å²) in [6, 6.07) is 5.47. The summed E-state index contributed by atoms with van der Waals surface area (Å²) >= 11 is 5.76. The summed E-state index contributed by atoms with van der Waals surface area (Å²) in [5.74, 6) is 0.0621. The highest BCUT2D eigenvalue weighted by molar-refractivity contribution is 6.18. The second-order valence-electron chi connectivity index (χ2n) is 4.38. The molecule has 0 saturated heterocycles. The minimum absolute atomic E-state index is 0.0466. The van der Waals surface area contributed by atoms with E-state index in [-0.39, 0.29) is 35.1 Å². The number of nitrogens with one attached hydrogen (secondary N) is 1. The molecule has 3 nitrogen and oxygen atoms in total. The highest BCUT2D eigenvalue weighted by Crippen LogP contribution is 2.16. The summed E-state index contributed by atoms with van der Waals surface area (Å²) in [5, 5.41) is 2.75. The monoisotopic (exact) mass is 291 g/mol. The molecule has 1 aromatic rings. The van der Waals surface area contributed by atoms with Crippen LogP contribution in [0.3, 0.4) is 0 Å². The van der Waals surface area contributed by atoms with Gasteiger partial charge < -0.3 is 10.1 Å². The van der Waals surface area contributed by atoms with Crippen molar-refractivity contribution in [1.29, 1.82) is 0 Å². The molecule has 0 radical (unpaired) electrons. The van der Waals surface area contributed by atoms with Crippen molar-refractivity contribution in [2.24, 2.45) is 5.92 Å². The molecule has 1 N–H and O–H groups in total. The van der Waals surface area contributed by atoms with Crippen molar-refractivity contribution < 1.29 is 18.3 Å². The van der Waals surface area contributed by atoms with E-state index in [4.69, 9.17) is 11.6 Å². The average Bonchev–Trinajstić information content (AvgIpc) is 2.34. The van der Waals surface area contributed by atoms with Gasteiger partial charge in [0.25, 0.3) is 5.91 Å². The summed E-state index contributed by atoms with van der Waals surface area (Å²) in [6.45, 7) is 0.956. The Bertz CT molecular complexity index is 427.